The van der Waals surface area contributed by atoms with Gasteiger partial charge in [-0.15, -0.1) is 0 Å². The molecule has 1 fully saturated rings. The van der Waals surface area contributed by atoms with E-state index in [1.807, 2.05) is 22.5 Å². The molecule has 0 unspecified atom stereocenters. The Hall–Kier alpha value is -2.70. The summed E-state index contributed by atoms with van der Waals surface area (Å²) in [5.41, 5.74) is 10.4. The van der Waals surface area contributed by atoms with E-state index in [4.69, 9.17) is 17.3 Å². The minimum atomic E-state index is -0.677. The summed E-state index contributed by atoms with van der Waals surface area (Å²) in [5, 5.41) is 0.381. The van der Waals surface area contributed by atoms with Crippen molar-refractivity contribution in [2.24, 2.45) is 5.73 Å². The first-order chi connectivity index (χ1) is 15.9. The average Bonchev–Trinajstić information content (AvgIpc) is 3.45. The number of halogens is 2. The van der Waals surface area contributed by atoms with Gasteiger partial charge in [0.05, 0.1) is 28.9 Å². The molecule has 1 amide bonds. The highest BCUT2D eigenvalue weighted by Crippen LogP contribution is 2.32. The van der Waals surface area contributed by atoms with Crippen LogP contribution in [0.1, 0.15) is 56.2 Å². The topological polar surface area (TPSA) is 64.2 Å². The molecule has 2 N–H and O–H groups in total. The van der Waals surface area contributed by atoms with Crippen LogP contribution in [0, 0.1) is 5.82 Å². The SMILES string of the molecule is C[C@H](c1ccc(Cl)cc1F)n1cnc2ccc(C3=CCN(C(=O)C4(N)CCCC4)CC3)cc21. The number of fused-ring (bicyclic) bond motifs is 1. The molecule has 172 valence electrons. The van der Waals surface area contributed by atoms with Gasteiger partial charge in [-0.3, -0.25) is 4.79 Å². The molecule has 0 spiro atoms. The maximum absolute atomic E-state index is 14.5. The molecule has 0 saturated heterocycles. The van der Waals surface area contributed by atoms with Gasteiger partial charge in [-0.2, -0.15) is 0 Å². The number of aromatic nitrogens is 2. The lowest BCUT2D eigenvalue weighted by Crippen LogP contribution is -2.54. The van der Waals surface area contributed by atoms with Crippen LogP contribution in [0.2, 0.25) is 5.02 Å². The fourth-order valence-electron chi connectivity index (χ4n) is 5.17. The lowest BCUT2D eigenvalue weighted by Gasteiger charge is -2.33. The van der Waals surface area contributed by atoms with E-state index in [-0.39, 0.29) is 17.8 Å². The number of carbonyl (C=O) groups is 1. The third-order valence-electron chi connectivity index (χ3n) is 7.19. The number of nitrogens with zero attached hydrogens (tertiary/aromatic N) is 3. The van der Waals surface area contributed by atoms with Crippen LogP contribution in [0.15, 0.2) is 48.8 Å². The van der Waals surface area contributed by atoms with Gasteiger partial charge < -0.3 is 15.2 Å². The predicted octanol–water partition coefficient (Wildman–Crippen LogP) is 5.33. The molecule has 2 aliphatic rings. The molecule has 5 nitrogen and oxygen atoms in total. The second-order valence-corrected chi connectivity index (χ2v) is 9.73. The molecule has 2 aromatic carbocycles. The van der Waals surface area contributed by atoms with Gasteiger partial charge in [0.25, 0.3) is 0 Å². The van der Waals surface area contributed by atoms with Crippen LogP contribution >= 0.6 is 11.6 Å². The van der Waals surface area contributed by atoms with Crippen LogP contribution in [0.5, 0.6) is 0 Å². The van der Waals surface area contributed by atoms with Crippen molar-refractivity contribution < 1.29 is 9.18 Å². The highest BCUT2D eigenvalue weighted by molar-refractivity contribution is 6.30. The minimum absolute atomic E-state index is 0.0858. The molecule has 1 aromatic heterocycles. The Morgan fingerprint density at radius 1 is 1.21 bits per heavy atom. The highest BCUT2D eigenvalue weighted by Gasteiger charge is 2.40. The smallest absolute Gasteiger partial charge is 0.242 e. The predicted molar refractivity (Wildman–Crippen MR) is 130 cm³/mol. The van der Waals surface area contributed by atoms with Crippen LogP contribution in [-0.4, -0.2) is 39.0 Å². The van der Waals surface area contributed by atoms with Gasteiger partial charge in [-0.05, 0) is 61.6 Å². The van der Waals surface area contributed by atoms with Crippen molar-refractivity contribution in [1.82, 2.24) is 14.5 Å². The Kier molecular flexibility index (Phi) is 5.75. The first kappa shape index (κ1) is 22.1. The van der Waals surface area contributed by atoms with Crippen molar-refractivity contribution in [3.8, 4) is 0 Å². The van der Waals surface area contributed by atoms with Crippen LogP contribution in [-0.2, 0) is 4.79 Å². The normalized spacial score (nSPS) is 19.0. The summed E-state index contributed by atoms with van der Waals surface area (Å²) in [5.74, 6) is -0.240. The zero-order valence-electron chi connectivity index (χ0n) is 18.7. The van der Waals surface area contributed by atoms with Crippen molar-refractivity contribution in [3.63, 3.8) is 0 Å². The van der Waals surface area contributed by atoms with E-state index >= 15 is 0 Å². The van der Waals surface area contributed by atoms with Gasteiger partial charge in [0.1, 0.15) is 5.82 Å². The molecule has 0 radical (unpaired) electrons. The first-order valence-corrected chi connectivity index (χ1v) is 11.9. The van der Waals surface area contributed by atoms with Gasteiger partial charge in [-0.25, -0.2) is 9.37 Å². The summed E-state index contributed by atoms with van der Waals surface area (Å²) in [4.78, 5) is 19.3. The Morgan fingerprint density at radius 2 is 2.00 bits per heavy atom. The molecule has 2 heterocycles. The monoisotopic (exact) mass is 466 g/mol. The summed E-state index contributed by atoms with van der Waals surface area (Å²) in [7, 11) is 0. The molecule has 1 aliphatic carbocycles. The van der Waals surface area contributed by atoms with Crippen molar-refractivity contribution in [2.45, 2.75) is 50.6 Å². The Morgan fingerprint density at radius 3 is 2.70 bits per heavy atom. The summed E-state index contributed by atoms with van der Waals surface area (Å²) in [6, 6.07) is 10.7. The van der Waals surface area contributed by atoms with Gasteiger partial charge in [0.2, 0.25) is 5.91 Å². The molecule has 33 heavy (non-hydrogen) atoms. The number of hydrogen-bond acceptors (Lipinski definition) is 3. The number of imidazole rings is 1. The van der Waals surface area contributed by atoms with Crippen molar-refractivity contribution >= 4 is 34.1 Å². The zero-order chi connectivity index (χ0) is 23.2. The minimum Gasteiger partial charge on any atom is -0.337 e. The molecule has 1 aliphatic heterocycles. The average molecular weight is 467 g/mol. The molecular weight excluding hydrogens is 439 g/mol. The third-order valence-corrected chi connectivity index (χ3v) is 7.43. The van der Waals surface area contributed by atoms with Gasteiger partial charge >= 0.3 is 0 Å². The summed E-state index contributed by atoms with van der Waals surface area (Å²) in [6.45, 7) is 3.21. The standard InChI is InChI=1S/C26H28ClFN4O/c1-17(21-6-5-20(27)15-22(21)28)32-16-30-23-7-4-19(14-24(23)32)18-8-12-31(13-9-18)25(33)26(29)10-2-3-11-26/h4-8,14-17H,2-3,9-13,29H2,1H3/t17-/m1/s1. The fraction of sp³-hybridized carbons (Fsp3) is 0.385. The number of carbonyl (C=O) groups excluding carboxylic acids is 1. The fourth-order valence-corrected chi connectivity index (χ4v) is 5.33. The molecule has 0 bridgehead atoms. The van der Waals surface area contributed by atoms with Crippen LogP contribution in [0.3, 0.4) is 0 Å². The molecule has 1 atom stereocenters. The summed E-state index contributed by atoms with van der Waals surface area (Å²) >= 11 is 5.93. The maximum atomic E-state index is 14.5. The number of hydrogen-bond donors (Lipinski definition) is 1. The van der Waals surface area contributed by atoms with Crippen LogP contribution in [0.4, 0.5) is 4.39 Å². The second-order valence-electron chi connectivity index (χ2n) is 9.29. The molecule has 7 heteroatoms. The molecule has 3 aromatic rings. The molecular formula is C26H28ClFN4O. The van der Waals surface area contributed by atoms with Crippen molar-refractivity contribution in [1.29, 1.82) is 0 Å². The van der Waals surface area contributed by atoms with E-state index in [0.29, 0.717) is 23.7 Å². The van der Waals surface area contributed by atoms with E-state index < -0.39 is 5.54 Å². The highest BCUT2D eigenvalue weighted by atomic mass is 35.5. The van der Waals surface area contributed by atoms with E-state index in [1.165, 1.54) is 11.6 Å². The largest absolute Gasteiger partial charge is 0.337 e. The van der Waals surface area contributed by atoms with Crippen LogP contribution in [0.25, 0.3) is 16.6 Å². The van der Waals surface area contributed by atoms with E-state index in [2.05, 4.69) is 23.2 Å². The van der Waals surface area contributed by atoms with Crippen LogP contribution < -0.4 is 5.73 Å². The Bertz CT molecular complexity index is 1240. The second kappa shape index (κ2) is 8.58. The number of amides is 1. The van der Waals surface area contributed by atoms with Crippen molar-refractivity contribution in [3.05, 3.63) is 70.8 Å². The van der Waals surface area contributed by atoms with E-state index in [9.17, 15) is 9.18 Å². The summed E-state index contributed by atoms with van der Waals surface area (Å²) in [6.07, 6.45) is 8.29. The van der Waals surface area contributed by atoms with E-state index in [1.54, 1.807) is 18.5 Å². The third kappa shape index (κ3) is 4.06. The number of nitrogens with two attached hydrogens (primary N) is 1. The quantitative estimate of drug-likeness (QED) is 0.565. The Labute approximate surface area is 198 Å². The molecule has 1 saturated carbocycles. The van der Waals surface area contributed by atoms with Gasteiger partial charge in [-0.1, -0.05) is 42.7 Å². The first-order valence-electron chi connectivity index (χ1n) is 11.5. The number of benzene rings is 2. The lowest BCUT2D eigenvalue weighted by atomic mass is 9.94. The summed E-state index contributed by atoms with van der Waals surface area (Å²) < 4.78 is 16.5. The maximum Gasteiger partial charge on any atom is 0.242 e. The lowest BCUT2D eigenvalue weighted by molar-refractivity contribution is -0.136. The van der Waals surface area contributed by atoms with Gasteiger partial charge in [0.15, 0.2) is 0 Å². The van der Waals surface area contributed by atoms with Crippen molar-refractivity contribution in [2.75, 3.05) is 13.1 Å². The molecule has 5 rings (SSSR count). The Balaban J connectivity index is 1.40. The van der Waals surface area contributed by atoms with Gasteiger partial charge in [0, 0.05) is 23.7 Å². The zero-order valence-corrected chi connectivity index (χ0v) is 19.5. The number of rotatable bonds is 4. The van der Waals surface area contributed by atoms with E-state index in [0.717, 1.165) is 48.7 Å².